The van der Waals surface area contributed by atoms with Gasteiger partial charge in [-0.25, -0.2) is 0 Å². The van der Waals surface area contributed by atoms with Crippen LogP contribution < -0.4 is 4.74 Å². The van der Waals surface area contributed by atoms with Gasteiger partial charge in [0.15, 0.2) is 0 Å². The largest absolute Gasteiger partial charge is 0.435 e. The Hall–Kier alpha value is -2.69. The lowest BCUT2D eigenvalue weighted by molar-refractivity contribution is -0.0498. The van der Waals surface area contributed by atoms with Gasteiger partial charge in [0.1, 0.15) is 5.75 Å². The van der Waals surface area contributed by atoms with Crippen LogP contribution in [0, 0.1) is 0 Å². The number of aromatic nitrogens is 4. The number of halogens is 4. The van der Waals surface area contributed by atoms with Gasteiger partial charge in [-0.05, 0) is 42.5 Å². The minimum Gasteiger partial charge on any atom is -0.435 e. The van der Waals surface area contributed by atoms with Gasteiger partial charge in [-0.2, -0.15) is 8.78 Å². The van der Waals surface area contributed by atoms with E-state index in [1.807, 2.05) is 0 Å². The molecule has 4 aromatic rings. The molecule has 7 nitrogen and oxygen atoms in total. The molecule has 0 spiro atoms. The van der Waals surface area contributed by atoms with Crippen LogP contribution in [0.15, 0.2) is 56.5 Å². The molecule has 0 amide bonds. The summed E-state index contributed by atoms with van der Waals surface area (Å²) < 4.78 is 39.9. The number of thioether (sulfide) groups is 1. The van der Waals surface area contributed by atoms with Crippen LogP contribution in [0.25, 0.3) is 22.9 Å². The summed E-state index contributed by atoms with van der Waals surface area (Å²) in [5, 5.41) is 17.0. The van der Waals surface area contributed by atoms with Crippen LogP contribution in [0.2, 0.25) is 10.0 Å². The highest BCUT2D eigenvalue weighted by Gasteiger charge is 2.15. The van der Waals surface area contributed by atoms with E-state index in [1.165, 1.54) is 23.9 Å². The number of ether oxygens (including phenoxy) is 1. The Morgan fingerprint density at radius 1 is 0.933 bits per heavy atom. The molecule has 0 saturated heterocycles. The fourth-order valence-electron chi connectivity index (χ4n) is 2.37. The Labute approximate surface area is 182 Å². The molecule has 2 aromatic heterocycles. The third-order valence-corrected chi connectivity index (χ3v) is 5.03. The molecule has 30 heavy (non-hydrogen) atoms. The van der Waals surface area contributed by atoms with Gasteiger partial charge in [0.2, 0.25) is 17.7 Å². The second-order valence-electron chi connectivity index (χ2n) is 5.69. The zero-order valence-electron chi connectivity index (χ0n) is 14.8. The van der Waals surface area contributed by atoms with Crippen LogP contribution in [-0.2, 0) is 5.75 Å². The van der Waals surface area contributed by atoms with Gasteiger partial charge in [-0.15, -0.1) is 20.4 Å². The maximum Gasteiger partial charge on any atom is 0.387 e. The van der Waals surface area contributed by atoms with E-state index in [0.29, 0.717) is 32.8 Å². The molecule has 154 valence electrons. The Morgan fingerprint density at radius 2 is 1.70 bits per heavy atom. The van der Waals surface area contributed by atoms with E-state index in [-0.39, 0.29) is 22.8 Å². The summed E-state index contributed by atoms with van der Waals surface area (Å²) in [6.07, 6.45) is 0. The van der Waals surface area contributed by atoms with E-state index in [9.17, 15) is 8.78 Å². The second-order valence-corrected chi connectivity index (χ2v) is 7.46. The first kappa shape index (κ1) is 20.6. The summed E-state index contributed by atoms with van der Waals surface area (Å²) in [7, 11) is 0. The predicted octanol–water partition coefficient (Wildman–Crippen LogP) is 5.99. The quantitative estimate of drug-likeness (QED) is 0.304. The zero-order chi connectivity index (χ0) is 21.1. The lowest BCUT2D eigenvalue weighted by Gasteiger charge is -2.03. The molecule has 2 heterocycles. The van der Waals surface area contributed by atoms with E-state index in [0.717, 1.165) is 0 Å². The number of alkyl halides is 2. The van der Waals surface area contributed by atoms with Crippen molar-refractivity contribution in [1.82, 2.24) is 20.4 Å². The first-order chi connectivity index (χ1) is 14.5. The highest BCUT2D eigenvalue weighted by atomic mass is 35.5. The van der Waals surface area contributed by atoms with Gasteiger partial charge < -0.3 is 13.6 Å². The fourth-order valence-corrected chi connectivity index (χ4v) is 3.46. The summed E-state index contributed by atoms with van der Waals surface area (Å²) in [6.45, 7) is -2.89. The van der Waals surface area contributed by atoms with E-state index < -0.39 is 6.61 Å². The van der Waals surface area contributed by atoms with Gasteiger partial charge >= 0.3 is 6.61 Å². The van der Waals surface area contributed by atoms with Crippen LogP contribution in [0.5, 0.6) is 5.75 Å². The number of hydrogen-bond acceptors (Lipinski definition) is 8. The van der Waals surface area contributed by atoms with Crippen LogP contribution in [0.4, 0.5) is 8.78 Å². The van der Waals surface area contributed by atoms with Crippen molar-refractivity contribution < 1.29 is 22.4 Å². The molecule has 0 atom stereocenters. The number of nitrogens with zero attached hydrogens (tertiary/aromatic N) is 4. The second kappa shape index (κ2) is 8.99. The molecule has 12 heteroatoms. The smallest absolute Gasteiger partial charge is 0.387 e. The number of benzene rings is 2. The molecule has 2 aromatic carbocycles. The lowest BCUT2D eigenvalue weighted by Crippen LogP contribution is -2.01. The molecule has 0 aliphatic rings. The lowest BCUT2D eigenvalue weighted by atomic mass is 10.2. The Kier molecular flexibility index (Phi) is 6.16. The third kappa shape index (κ3) is 4.89. The minimum absolute atomic E-state index is 0.0378. The van der Waals surface area contributed by atoms with Gasteiger partial charge in [-0.1, -0.05) is 35.0 Å². The van der Waals surface area contributed by atoms with Crippen LogP contribution in [0.3, 0.4) is 0 Å². The average molecular weight is 471 g/mol. The molecular weight excluding hydrogens is 461 g/mol. The van der Waals surface area contributed by atoms with Crippen molar-refractivity contribution in [2.75, 3.05) is 0 Å². The molecule has 4 rings (SSSR count). The molecule has 0 saturated carbocycles. The molecule has 0 aliphatic heterocycles. The maximum atomic E-state index is 12.2. The predicted molar refractivity (Wildman–Crippen MR) is 106 cm³/mol. The topological polar surface area (TPSA) is 87.1 Å². The van der Waals surface area contributed by atoms with Crippen LogP contribution >= 0.6 is 35.0 Å². The molecule has 0 bridgehead atoms. The van der Waals surface area contributed by atoms with Crippen molar-refractivity contribution >= 4 is 35.0 Å². The molecule has 0 N–H and O–H groups in total. The van der Waals surface area contributed by atoms with Gasteiger partial charge in [0.05, 0.1) is 16.3 Å². The summed E-state index contributed by atoms with van der Waals surface area (Å²) in [5.74, 6) is 1.18. The molecule has 0 unspecified atom stereocenters. The van der Waals surface area contributed by atoms with Crippen molar-refractivity contribution in [3.05, 3.63) is 58.4 Å². The highest BCUT2D eigenvalue weighted by Crippen LogP contribution is 2.31. The SMILES string of the molecule is FC(F)Oc1ccc(-c2nnc(SCc3nnc(-c4ccc(Cl)cc4Cl)o3)o2)cc1. The molecule has 0 fully saturated rings. The summed E-state index contributed by atoms with van der Waals surface area (Å²) in [4.78, 5) is 0. The van der Waals surface area contributed by atoms with Crippen LogP contribution in [0.1, 0.15) is 5.89 Å². The van der Waals surface area contributed by atoms with E-state index in [1.54, 1.807) is 30.3 Å². The van der Waals surface area contributed by atoms with Crippen molar-refractivity contribution in [3.8, 4) is 28.7 Å². The van der Waals surface area contributed by atoms with Crippen molar-refractivity contribution in [2.24, 2.45) is 0 Å². The van der Waals surface area contributed by atoms with Gasteiger partial charge in [-0.3, -0.25) is 0 Å². The fraction of sp³-hybridized carbons (Fsp3) is 0.111. The Morgan fingerprint density at radius 3 is 2.43 bits per heavy atom. The Bertz CT molecular complexity index is 1150. The summed E-state index contributed by atoms with van der Waals surface area (Å²) >= 11 is 13.2. The summed E-state index contributed by atoms with van der Waals surface area (Å²) in [5.41, 5.74) is 1.14. The van der Waals surface area contributed by atoms with Crippen LogP contribution in [-0.4, -0.2) is 27.0 Å². The van der Waals surface area contributed by atoms with E-state index in [4.69, 9.17) is 32.0 Å². The maximum absolute atomic E-state index is 12.2. The monoisotopic (exact) mass is 470 g/mol. The number of hydrogen-bond donors (Lipinski definition) is 0. The third-order valence-electron chi connectivity index (χ3n) is 3.68. The normalized spacial score (nSPS) is 11.2. The van der Waals surface area contributed by atoms with Crippen molar-refractivity contribution in [1.29, 1.82) is 0 Å². The standard InChI is InChI=1S/C18H10Cl2F2N4O3S/c19-10-3-6-12(13(20)7-10)16-25-23-14(28-16)8-30-18-26-24-15(29-18)9-1-4-11(5-2-9)27-17(21)22/h1-7,17H,8H2. The van der Waals surface area contributed by atoms with E-state index in [2.05, 4.69) is 25.1 Å². The van der Waals surface area contributed by atoms with Gasteiger partial charge in [0, 0.05) is 10.6 Å². The van der Waals surface area contributed by atoms with E-state index >= 15 is 0 Å². The Balaban J connectivity index is 1.40. The molecular formula is C18H10Cl2F2N4O3S. The average Bonchev–Trinajstić information content (AvgIpc) is 3.36. The molecule has 0 radical (unpaired) electrons. The zero-order valence-corrected chi connectivity index (χ0v) is 17.1. The first-order valence-corrected chi connectivity index (χ1v) is 10.0. The number of rotatable bonds is 7. The van der Waals surface area contributed by atoms with Crippen molar-refractivity contribution in [3.63, 3.8) is 0 Å². The minimum atomic E-state index is -2.89. The summed E-state index contributed by atoms with van der Waals surface area (Å²) in [6, 6.07) is 10.8. The van der Waals surface area contributed by atoms with Gasteiger partial charge in [0.25, 0.3) is 5.22 Å². The highest BCUT2D eigenvalue weighted by molar-refractivity contribution is 7.98. The first-order valence-electron chi connectivity index (χ1n) is 8.27. The van der Waals surface area contributed by atoms with Crippen molar-refractivity contribution in [2.45, 2.75) is 17.6 Å². The molecule has 0 aliphatic carbocycles.